The molecule has 19 heavy (non-hydrogen) atoms. The lowest BCUT2D eigenvalue weighted by atomic mass is 9.85. The number of carbonyl (C=O) groups is 1. The van der Waals surface area contributed by atoms with Crippen LogP contribution in [0.25, 0.3) is 0 Å². The molecule has 0 bridgehead atoms. The molecule has 0 aromatic carbocycles. The molecule has 2 fully saturated rings. The first-order valence-corrected chi connectivity index (χ1v) is 9.08. The molecule has 0 radical (unpaired) electrons. The number of nitrogens with zero attached hydrogens (tertiary/aromatic N) is 1. The maximum absolute atomic E-state index is 12.6. The summed E-state index contributed by atoms with van der Waals surface area (Å²) < 4.78 is 0. The van der Waals surface area contributed by atoms with Gasteiger partial charge < -0.3 is 10.2 Å². The zero-order chi connectivity index (χ0) is 13.8. The molecule has 0 spiro atoms. The SMILES string of the molecule is CCC(CSC)N(C)C(=O)C1CC2CCCCC2N1. The van der Waals surface area contributed by atoms with Crippen LogP contribution in [0.1, 0.15) is 45.4 Å². The summed E-state index contributed by atoms with van der Waals surface area (Å²) in [7, 11) is 1.98. The van der Waals surface area contributed by atoms with Crippen LogP contribution in [-0.4, -0.2) is 48.0 Å². The van der Waals surface area contributed by atoms with Crippen molar-refractivity contribution in [1.82, 2.24) is 10.2 Å². The maximum Gasteiger partial charge on any atom is 0.239 e. The summed E-state index contributed by atoms with van der Waals surface area (Å²) in [5.74, 6) is 2.10. The molecule has 4 unspecified atom stereocenters. The second kappa shape index (κ2) is 6.98. The van der Waals surface area contributed by atoms with E-state index in [1.54, 1.807) is 0 Å². The van der Waals surface area contributed by atoms with Crippen LogP contribution in [0.4, 0.5) is 0 Å². The first-order valence-electron chi connectivity index (χ1n) is 7.69. The van der Waals surface area contributed by atoms with E-state index in [1.807, 2.05) is 23.7 Å². The van der Waals surface area contributed by atoms with Gasteiger partial charge in [0.1, 0.15) is 0 Å². The van der Waals surface area contributed by atoms with Gasteiger partial charge in [-0.2, -0.15) is 11.8 Å². The van der Waals surface area contributed by atoms with Crippen molar-refractivity contribution in [3.05, 3.63) is 0 Å². The van der Waals surface area contributed by atoms with Gasteiger partial charge in [0.25, 0.3) is 0 Å². The summed E-state index contributed by atoms with van der Waals surface area (Å²) in [5, 5.41) is 3.60. The molecular formula is C15H28N2OS. The number of hydrogen-bond donors (Lipinski definition) is 1. The van der Waals surface area contributed by atoms with Gasteiger partial charge in [-0.1, -0.05) is 19.8 Å². The highest BCUT2D eigenvalue weighted by molar-refractivity contribution is 7.98. The minimum Gasteiger partial charge on any atom is -0.341 e. The molecular weight excluding hydrogens is 256 g/mol. The summed E-state index contributed by atoms with van der Waals surface area (Å²) in [6, 6.07) is 1.07. The van der Waals surface area contributed by atoms with Gasteiger partial charge in [-0.05, 0) is 37.9 Å². The van der Waals surface area contributed by atoms with Gasteiger partial charge in [-0.25, -0.2) is 0 Å². The molecule has 110 valence electrons. The Kier molecular flexibility index (Phi) is 5.58. The molecule has 1 heterocycles. The van der Waals surface area contributed by atoms with Crippen molar-refractivity contribution < 1.29 is 4.79 Å². The van der Waals surface area contributed by atoms with Crippen LogP contribution in [0.2, 0.25) is 0 Å². The molecule has 1 N–H and O–H groups in total. The van der Waals surface area contributed by atoms with Crippen LogP contribution in [-0.2, 0) is 4.79 Å². The summed E-state index contributed by atoms with van der Waals surface area (Å²) in [4.78, 5) is 14.6. The highest BCUT2D eigenvalue weighted by atomic mass is 32.2. The summed E-state index contributed by atoms with van der Waals surface area (Å²) in [5.41, 5.74) is 0. The van der Waals surface area contributed by atoms with Crippen LogP contribution >= 0.6 is 11.8 Å². The van der Waals surface area contributed by atoms with E-state index in [0.29, 0.717) is 18.0 Å². The Morgan fingerprint density at radius 2 is 2.16 bits per heavy atom. The van der Waals surface area contributed by atoms with Crippen LogP contribution < -0.4 is 5.32 Å². The fraction of sp³-hybridized carbons (Fsp3) is 0.933. The van der Waals surface area contributed by atoms with E-state index < -0.39 is 0 Å². The number of carbonyl (C=O) groups excluding carboxylic acids is 1. The van der Waals surface area contributed by atoms with E-state index in [9.17, 15) is 4.79 Å². The fourth-order valence-corrected chi connectivity index (χ4v) is 4.48. The normalized spacial score (nSPS) is 31.8. The molecule has 2 rings (SSSR count). The van der Waals surface area contributed by atoms with E-state index in [1.165, 1.54) is 25.7 Å². The van der Waals surface area contributed by atoms with Gasteiger partial charge >= 0.3 is 0 Å². The molecule has 1 amide bonds. The number of nitrogens with one attached hydrogen (secondary N) is 1. The standard InChI is InChI=1S/C15H28N2OS/c1-4-12(10-19-3)17(2)15(18)14-9-11-7-5-6-8-13(11)16-14/h11-14,16H,4-10H2,1-3H3. The first kappa shape index (κ1) is 15.2. The molecule has 1 aliphatic heterocycles. The van der Waals surface area contributed by atoms with Crippen molar-refractivity contribution in [3.63, 3.8) is 0 Å². The average Bonchev–Trinajstić information content (AvgIpc) is 2.87. The lowest BCUT2D eigenvalue weighted by molar-refractivity contribution is -0.133. The molecule has 4 atom stereocenters. The van der Waals surface area contributed by atoms with E-state index >= 15 is 0 Å². The highest BCUT2D eigenvalue weighted by Crippen LogP contribution is 2.33. The topological polar surface area (TPSA) is 32.3 Å². The maximum atomic E-state index is 12.6. The third-order valence-electron chi connectivity index (χ3n) is 4.89. The number of hydrogen-bond acceptors (Lipinski definition) is 3. The van der Waals surface area contributed by atoms with E-state index in [-0.39, 0.29) is 6.04 Å². The molecule has 1 saturated heterocycles. The zero-order valence-corrected chi connectivity index (χ0v) is 13.3. The van der Waals surface area contributed by atoms with Gasteiger partial charge in [-0.15, -0.1) is 0 Å². The molecule has 2 aliphatic rings. The predicted molar refractivity (Wildman–Crippen MR) is 82.5 cm³/mol. The predicted octanol–water partition coefficient (Wildman–Crippen LogP) is 2.51. The quantitative estimate of drug-likeness (QED) is 0.842. The largest absolute Gasteiger partial charge is 0.341 e. The Hall–Kier alpha value is -0.220. The monoisotopic (exact) mass is 284 g/mol. The van der Waals surface area contributed by atoms with Crippen molar-refractivity contribution in [1.29, 1.82) is 0 Å². The van der Waals surface area contributed by atoms with Gasteiger partial charge in [-0.3, -0.25) is 4.79 Å². The third-order valence-corrected chi connectivity index (χ3v) is 5.60. The van der Waals surface area contributed by atoms with Gasteiger partial charge in [0.2, 0.25) is 5.91 Å². The molecule has 1 saturated carbocycles. The third kappa shape index (κ3) is 3.46. The Morgan fingerprint density at radius 1 is 1.42 bits per heavy atom. The van der Waals surface area contributed by atoms with Crippen LogP contribution in [0.15, 0.2) is 0 Å². The summed E-state index contributed by atoms with van der Waals surface area (Å²) in [6.45, 7) is 2.17. The van der Waals surface area contributed by atoms with E-state index in [0.717, 1.165) is 24.5 Å². The van der Waals surface area contributed by atoms with Crippen molar-refractivity contribution in [2.24, 2.45) is 5.92 Å². The van der Waals surface area contributed by atoms with Crippen molar-refractivity contribution >= 4 is 17.7 Å². The molecule has 0 aromatic rings. The van der Waals surface area contributed by atoms with Crippen LogP contribution in [0.5, 0.6) is 0 Å². The number of rotatable bonds is 5. The lowest BCUT2D eigenvalue weighted by Crippen LogP contribution is -2.48. The Morgan fingerprint density at radius 3 is 2.79 bits per heavy atom. The summed E-state index contributed by atoms with van der Waals surface area (Å²) >= 11 is 1.83. The van der Waals surface area contributed by atoms with Gasteiger partial charge in [0.05, 0.1) is 6.04 Å². The highest BCUT2D eigenvalue weighted by Gasteiger charge is 2.39. The molecule has 0 aromatic heterocycles. The van der Waals surface area contributed by atoms with Gasteiger partial charge in [0.15, 0.2) is 0 Å². The second-order valence-corrected chi connectivity index (χ2v) is 6.98. The molecule has 4 heteroatoms. The fourth-order valence-electron chi connectivity index (χ4n) is 3.63. The van der Waals surface area contributed by atoms with Gasteiger partial charge in [0, 0.05) is 24.9 Å². The number of fused-ring (bicyclic) bond motifs is 1. The van der Waals surface area contributed by atoms with E-state index in [2.05, 4.69) is 18.5 Å². The Balaban J connectivity index is 1.92. The molecule has 3 nitrogen and oxygen atoms in total. The Bertz CT molecular complexity index is 297. The minimum atomic E-state index is 0.0778. The number of thioether (sulfide) groups is 1. The Labute approximate surface area is 121 Å². The average molecular weight is 284 g/mol. The van der Waals surface area contributed by atoms with Crippen molar-refractivity contribution in [2.75, 3.05) is 19.1 Å². The van der Waals surface area contributed by atoms with Crippen LogP contribution in [0, 0.1) is 5.92 Å². The zero-order valence-electron chi connectivity index (χ0n) is 12.5. The summed E-state index contributed by atoms with van der Waals surface area (Å²) in [6.07, 6.45) is 9.47. The van der Waals surface area contributed by atoms with Crippen molar-refractivity contribution in [2.45, 2.75) is 63.6 Å². The van der Waals surface area contributed by atoms with Crippen LogP contribution in [0.3, 0.4) is 0 Å². The first-order chi connectivity index (χ1) is 9.17. The molecule has 1 aliphatic carbocycles. The van der Waals surface area contributed by atoms with E-state index in [4.69, 9.17) is 0 Å². The lowest BCUT2D eigenvalue weighted by Gasteiger charge is -2.29. The number of likely N-dealkylation sites (N-methyl/N-ethyl adjacent to an activating group) is 1. The van der Waals surface area contributed by atoms with Crippen molar-refractivity contribution in [3.8, 4) is 0 Å². The number of amides is 1. The smallest absolute Gasteiger partial charge is 0.239 e. The minimum absolute atomic E-state index is 0.0778. The second-order valence-electron chi connectivity index (χ2n) is 6.07.